The van der Waals surface area contributed by atoms with E-state index >= 15 is 0 Å². The van der Waals surface area contributed by atoms with E-state index < -0.39 is 16.4 Å². The van der Waals surface area contributed by atoms with Gasteiger partial charge < -0.3 is 14.9 Å². The Morgan fingerprint density at radius 2 is 1.89 bits per heavy atom. The van der Waals surface area contributed by atoms with Crippen LogP contribution in [-0.4, -0.2) is 69.1 Å². The monoisotopic (exact) mass is 500 g/mol. The number of aromatic nitrogens is 2. The van der Waals surface area contributed by atoms with Crippen LogP contribution in [0.5, 0.6) is 0 Å². The highest BCUT2D eigenvalue weighted by Gasteiger charge is 2.54. The fourth-order valence-electron chi connectivity index (χ4n) is 6.73. The Bertz CT molecular complexity index is 1520. The van der Waals surface area contributed by atoms with Gasteiger partial charge in [0, 0.05) is 48.9 Å². The quantitative estimate of drug-likeness (QED) is 0.426. The number of carbonyl (C=O) groups is 2. The number of carbonyl (C=O) groups excluding carboxylic acids is 1. The Morgan fingerprint density at radius 3 is 2.54 bits per heavy atom. The molecule has 2 amide bonds. The van der Waals surface area contributed by atoms with Crippen LogP contribution in [0, 0.1) is 10.1 Å². The Kier molecular flexibility index (Phi) is 4.38. The van der Waals surface area contributed by atoms with E-state index in [1.165, 1.54) is 11.0 Å². The van der Waals surface area contributed by atoms with Gasteiger partial charge in [0.2, 0.25) is 11.7 Å². The number of anilines is 2. The number of nitrogens with zero attached hydrogens (tertiary/aromatic N) is 6. The highest BCUT2D eigenvalue weighted by atomic mass is 16.6. The van der Waals surface area contributed by atoms with E-state index in [4.69, 9.17) is 0 Å². The maximum Gasteiger partial charge on any atom is 0.407 e. The van der Waals surface area contributed by atoms with Crippen molar-refractivity contribution in [3.8, 4) is 11.1 Å². The summed E-state index contributed by atoms with van der Waals surface area (Å²) in [4.78, 5) is 50.2. The van der Waals surface area contributed by atoms with Crippen LogP contribution >= 0.6 is 0 Å². The number of pyridine rings is 2. The molecule has 4 aliphatic heterocycles. The molecule has 2 atom stereocenters. The molecule has 1 aliphatic carbocycles. The third-order valence-electron chi connectivity index (χ3n) is 8.70. The molecule has 1 N–H and O–H groups in total. The lowest BCUT2D eigenvalue weighted by Gasteiger charge is -2.54. The highest BCUT2D eigenvalue weighted by molar-refractivity contribution is 6.13. The Balaban J connectivity index is 1.29. The molecule has 1 aromatic carbocycles. The summed E-state index contributed by atoms with van der Waals surface area (Å²) in [5, 5.41) is 22.3. The summed E-state index contributed by atoms with van der Waals surface area (Å²) in [7, 11) is 1.79. The van der Waals surface area contributed by atoms with Gasteiger partial charge in [-0.2, -0.15) is 0 Å². The lowest BCUT2D eigenvalue weighted by atomic mass is 9.64. The first-order valence-corrected chi connectivity index (χ1v) is 12.4. The van der Waals surface area contributed by atoms with E-state index in [1.807, 2.05) is 23.1 Å². The summed E-state index contributed by atoms with van der Waals surface area (Å²) < 4.78 is 0. The van der Waals surface area contributed by atoms with E-state index in [0.717, 1.165) is 53.4 Å². The summed E-state index contributed by atoms with van der Waals surface area (Å²) in [6, 6.07) is 6.91. The molecule has 1 spiro atoms. The smallest absolute Gasteiger partial charge is 0.407 e. The highest BCUT2D eigenvalue weighted by Crippen LogP contribution is 2.55. The van der Waals surface area contributed by atoms with Gasteiger partial charge >= 0.3 is 11.8 Å². The van der Waals surface area contributed by atoms with Crippen LogP contribution in [0.15, 0.2) is 36.7 Å². The minimum atomic E-state index is -0.951. The zero-order valence-electron chi connectivity index (χ0n) is 20.1. The lowest BCUT2D eigenvalue weighted by Crippen LogP contribution is -2.70. The van der Waals surface area contributed by atoms with E-state index in [0.29, 0.717) is 18.7 Å². The van der Waals surface area contributed by atoms with Gasteiger partial charge in [-0.15, -0.1) is 0 Å². The van der Waals surface area contributed by atoms with Crippen molar-refractivity contribution in [3.05, 3.63) is 52.3 Å². The Labute approximate surface area is 211 Å². The van der Waals surface area contributed by atoms with Gasteiger partial charge in [0.1, 0.15) is 0 Å². The summed E-state index contributed by atoms with van der Waals surface area (Å²) >= 11 is 0. The van der Waals surface area contributed by atoms with Crippen molar-refractivity contribution in [1.29, 1.82) is 0 Å². The van der Waals surface area contributed by atoms with Crippen molar-refractivity contribution in [2.45, 2.75) is 43.2 Å². The SMILES string of the molecule is CN1C(=O)C2(CCC2)c2c1cnc1ccc(-c3cnc(N4CC5CC(C4)N5C(=O)O)c([N+](=O)[O-])c3)cc21. The molecular formula is C26H24N6O5. The molecule has 4 fully saturated rings. The van der Waals surface area contributed by atoms with Gasteiger partial charge in [-0.3, -0.25) is 24.8 Å². The molecule has 3 saturated heterocycles. The fourth-order valence-corrected chi connectivity index (χ4v) is 6.73. The molecule has 188 valence electrons. The number of amides is 2. The molecule has 2 unspecified atom stereocenters. The maximum absolute atomic E-state index is 13.1. The number of carboxylic acid groups (broad SMARTS) is 1. The Hall–Kier alpha value is -4.28. The van der Waals surface area contributed by atoms with Crippen LogP contribution in [0.2, 0.25) is 0 Å². The largest absolute Gasteiger partial charge is 0.465 e. The zero-order valence-corrected chi connectivity index (χ0v) is 20.1. The molecule has 3 aromatic rings. The van der Waals surface area contributed by atoms with E-state index in [2.05, 4.69) is 9.97 Å². The van der Waals surface area contributed by atoms with E-state index in [-0.39, 0.29) is 29.5 Å². The van der Waals surface area contributed by atoms with Crippen molar-refractivity contribution >= 4 is 40.1 Å². The number of piperazine rings is 1. The van der Waals surface area contributed by atoms with Gasteiger partial charge in [-0.05, 0) is 37.0 Å². The molecular weight excluding hydrogens is 476 g/mol. The average molecular weight is 501 g/mol. The van der Waals surface area contributed by atoms with Crippen molar-refractivity contribution in [2.75, 3.05) is 29.9 Å². The minimum absolute atomic E-state index is 0.108. The second-order valence-electron chi connectivity index (χ2n) is 10.5. The summed E-state index contributed by atoms with van der Waals surface area (Å²) in [5.74, 6) is 0.369. The van der Waals surface area contributed by atoms with Crippen molar-refractivity contribution in [1.82, 2.24) is 14.9 Å². The number of rotatable bonds is 3. The standard InChI is InChI=1S/C26H24N6O5/c1-29-21-11-27-19-4-3-14(7-18(19)22(21)26(24(29)33)5-2-6-26)15-8-20(32(36)37)23(28-10-15)30-12-16-9-17(13-30)31(16)25(34)35/h3-4,7-8,10-11,16-17H,2,5-6,9,12-13H2,1H3,(H,34,35). The first-order chi connectivity index (χ1) is 17.8. The summed E-state index contributed by atoms with van der Waals surface area (Å²) in [5.41, 5.74) is 3.37. The molecule has 11 nitrogen and oxygen atoms in total. The molecule has 37 heavy (non-hydrogen) atoms. The van der Waals surface area contributed by atoms with Gasteiger partial charge in [-0.1, -0.05) is 12.5 Å². The van der Waals surface area contributed by atoms with Crippen molar-refractivity contribution in [3.63, 3.8) is 0 Å². The molecule has 11 heteroatoms. The van der Waals surface area contributed by atoms with Crippen LogP contribution in [0.1, 0.15) is 31.2 Å². The molecule has 5 aliphatic rings. The number of fused-ring (bicyclic) bond motifs is 6. The predicted molar refractivity (Wildman–Crippen MR) is 135 cm³/mol. The third-order valence-corrected chi connectivity index (χ3v) is 8.70. The van der Waals surface area contributed by atoms with Gasteiger partial charge in [0.05, 0.1) is 39.8 Å². The fraction of sp³-hybridized carbons (Fsp3) is 0.385. The topological polar surface area (TPSA) is 133 Å². The first kappa shape index (κ1) is 22.0. The number of piperidine rings is 1. The minimum Gasteiger partial charge on any atom is -0.465 e. The molecule has 0 radical (unpaired) electrons. The molecule has 8 rings (SSSR count). The number of nitro groups is 1. The normalized spacial score (nSPS) is 23.2. The van der Waals surface area contributed by atoms with Gasteiger partial charge in [0.25, 0.3) is 0 Å². The first-order valence-electron chi connectivity index (χ1n) is 12.4. The number of hydrogen-bond acceptors (Lipinski definition) is 7. The summed E-state index contributed by atoms with van der Waals surface area (Å²) in [6.45, 7) is 0.765. The summed E-state index contributed by atoms with van der Waals surface area (Å²) in [6.07, 6.45) is 5.83. The lowest BCUT2D eigenvalue weighted by molar-refractivity contribution is -0.384. The van der Waals surface area contributed by atoms with Crippen molar-refractivity contribution in [2.24, 2.45) is 0 Å². The predicted octanol–water partition coefficient (Wildman–Crippen LogP) is 3.54. The number of likely N-dealkylation sites (N-methyl/N-ethyl adjacent to an activating group) is 1. The number of benzene rings is 1. The molecule has 2 bridgehead atoms. The zero-order chi connectivity index (χ0) is 25.6. The van der Waals surface area contributed by atoms with E-state index in [1.54, 1.807) is 24.3 Å². The van der Waals surface area contributed by atoms with Crippen LogP contribution in [0.3, 0.4) is 0 Å². The van der Waals surface area contributed by atoms with Gasteiger partial charge in [-0.25, -0.2) is 9.78 Å². The molecule has 2 aromatic heterocycles. The third kappa shape index (κ3) is 2.87. The van der Waals surface area contributed by atoms with E-state index in [9.17, 15) is 24.8 Å². The molecule has 6 heterocycles. The second-order valence-corrected chi connectivity index (χ2v) is 10.5. The van der Waals surface area contributed by atoms with Crippen molar-refractivity contribution < 1.29 is 19.6 Å². The van der Waals surface area contributed by atoms with Gasteiger partial charge in [0.15, 0.2) is 0 Å². The maximum atomic E-state index is 13.1. The van der Waals surface area contributed by atoms with Crippen LogP contribution in [0.25, 0.3) is 22.0 Å². The molecule has 1 saturated carbocycles. The van der Waals surface area contributed by atoms with Crippen LogP contribution in [-0.2, 0) is 10.2 Å². The Morgan fingerprint density at radius 1 is 1.14 bits per heavy atom. The second kappa shape index (κ2) is 7.37. The van der Waals surface area contributed by atoms with Crippen LogP contribution in [0.4, 0.5) is 22.0 Å². The number of hydrogen-bond donors (Lipinski definition) is 1. The average Bonchev–Trinajstić information content (AvgIpc) is 3.10. The van der Waals surface area contributed by atoms with Crippen LogP contribution < -0.4 is 9.80 Å².